The molecule has 0 rings (SSSR count). The molecule has 17 heavy (non-hydrogen) atoms. The summed E-state index contributed by atoms with van der Waals surface area (Å²) in [6.45, 7) is 7.06. The minimum Gasteiger partial charge on any atom is -0.505 e. The lowest BCUT2D eigenvalue weighted by molar-refractivity contribution is -0.232. The Balaban J connectivity index is 3.95. The number of aliphatic hydroxyl groups excluding tert-OH is 1. The topological polar surface area (TPSA) is 55.8 Å². The number of carbonyl (C=O) groups is 1. The molecule has 0 radical (unpaired) electrons. The maximum Gasteiger partial charge on any atom is 0.414 e. The summed E-state index contributed by atoms with van der Waals surface area (Å²) in [5.41, 5.74) is -0.650. The standard InChI is InChI=1S/C11H18F2O4/c1-5-10(3,4)9(15)16-6-7-17-11(12,13)8(2)14/h14H,2,5-7H2,1,3-4H3. The van der Waals surface area contributed by atoms with Gasteiger partial charge in [-0.15, -0.1) is 0 Å². The molecule has 0 atom stereocenters. The fourth-order valence-electron chi connectivity index (χ4n) is 0.727. The number of hydrogen-bond donors (Lipinski definition) is 1. The highest BCUT2D eigenvalue weighted by atomic mass is 19.3. The van der Waals surface area contributed by atoms with Gasteiger partial charge in [0.25, 0.3) is 0 Å². The summed E-state index contributed by atoms with van der Waals surface area (Å²) in [4.78, 5) is 11.4. The van der Waals surface area contributed by atoms with Gasteiger partial charge in [0.2, 0.25) is 0 Å². The average Bonchev–Trinajstić information content (AvgIpc) is 2.23. The highest BCUT2D eigenvalue weighted by Gasteiger charge is 2.34. The minimum absolute atomic E-state index is 0.300. The third-order valence-electron chi connectivity index (χ3n) is 2.37. The van der Waals surface area contributed by atoms with Crippen molar-refractivity contribution in [2.75, 3.05) is 13.2 Å². The molecule has 0 aromatic rings. The second kappa shape index (κ2) is 5.95. The third-order valence-corrected chi connectivity index (χ3v) is 2.37. The molecule has 0 aromatic heterocycles. The van der Waals surface area contributed by atoms with E-state index >= 15 is 0 Å². The Morgan fingerprint density at radius 1 is 1.35 bits per heavy atom. The first-order valence-electron chi connectivity index (χ1n) is 5.21. The number of carbonyl (C=O) groups excluding carboxylic acids is 1. The molecule has 0 fully saturated rings. The van der Waals surface area contributed by atoms with Crippen LogP contribution in [0.2, 0.25) is 0 Å². The van der Waals surface area contributed by atoms with Gasteiger partial charge in [0.15, 0.2) is 5.76 Å². The molecule has 0 saturated heterocycles. The summed E-state index contributed by atoms with van der Waals surface area (Å²) in [6, 6.07) is 0. The van der Waals surface area contributed by atoms with Crippen molar-refractivity contribution in [3.05, 3.63) is 12.3 Å². The number of rotatable bonds is 7. The van der Waals surface area contributed by atoms with E-state index in [-0.39, 0.29) is 6.61 Å². The van der Waals surface area contributed by atoms with Crippen molar-refractivity contribution in [2.24, 2.45) is 5.41 Å². The molecule has 0 aliphatic rings. The van der Waals surface area contributed by atoms with E-state index in [4.69, 9.17) is 9.84 Å². The number of aliphatic hydroxyl groups is 1. The fourth-order valence-corrected chi connectivity index (χ4v) is 0.727. The maximum absolute atomic E-state index is 12.7. The molecule has 0 aliphatic heterocycles. The van der Waals surface area contributed by atoms with E-state index in [1.165, 1.54) is 0 Å². The van der Waals surface area contributed by atoms with Crippen LogP contribution in [0.15, 0.2) is 12.3 Å². The Kier molecular flexibility index (Phi) is 5.54. The molecular weight excluding hydrogens is 234 g/mol. The van der Waals surface area contributed by atoms with E-state index in [2.05, 4.69) is 11.3 Å². The lowest BCUT2D eigenvalue weighted by Gasteiger charge is -2.21. The number of hydrogen-bond acceptors (Lipinski definition) is 4. The number of ether oxygens (including phenoxy) is 2. The molecule has 0 unspecified atom stereocenters. The van der Waals surface area contributed by atoms with E-state index in [0.717, 1.165) is 0 Å². The van der Waals surface area contributed by atoms with Crippen LogP contribution in [0.4, 0.5) is 8.78 Å². The summed E-state index contributed by atoms with van der Waals surface area (Å²) in [7, 11) is 0. The normalized spacial score (nSPS) is 12.3. The van der Waals surface area contributed by atoms with E-state index in [1.807, 2.05) is 6.92 Å². The molecule has 0 aromatic carbocycles. The average molecular weight is 252 g/mol. The van der Waals surface area contributed by atoms with Crippen molar-refractivity contribution in [2.45, 2.75) is 33.3 Å². The van der Waals surface area contributed by atoms with Crippen LogP contribution in [0.25, 0.3) is 0 Å². The molecular formula is C11H18F2O4. The quantitative estimate of drug-likeness (QED) is 0.430. The maximum atomic E-state index is 12.7. The summed E-state index contributed by atoms with van der Waals surface area (Å²) in [5, 5.41) is 8.48. The first kappa shape index (κ1) is 15.8. The second-order valence-corrected chi connectivity index (χ2v) is 4.19. The molecule has 1 N–H and O–H groups in total. The van der Waals surface area contributed by atoms with Crippen LogP contribution < -0.4 is 0 Å². The zero-order chi connectivity index (χ0) is 13.7. The predicted molar refractivity (Wildman–Crippen MR) is 57.7 cm³/mol. The Morgan fingerprint density at radius 3 is 2.29 bits per heavy atom. The largest absolute Gasteiger partial charge is 0.505 e. The Labute approximate surface area is 99.2 Å². The fraction of sp³-hybridized carbons (Fsp3) is 0.727. The van der Waals surface area contributed by atoms with E-state index in [1.54, 1.807) is 13.8 Å². The van der Waals surface area contributed by atoms with Crippen molar-refractivity contribution < 1.29 is 28.2 Å². The van der Waals surface area contributed by atoms with Gasteiger partial charge >= 0.3 is 12.1 Å². The predicted octanol–water partition coefficient (Wildman–Crippen LogP) is 2.65. The zero-order valence-electron chi connectivity index (χ0n) is 10.3. The molecule has 4 nitrogen and oxygen atoms in total. The highest BCUT2D eigenvalue weighted by molar-refractivity contribution is 5.75. The van der Waals surface area contributed by atoms with Crippen LogP contribution in [0.3, 0.4) is 0 Å². The summed E-state index contributed by atoms with van der Waals surface area (Å²) < 4.78 is 34.1. The van der Waals surface area contributed by atoms with Crippen LogP contribution in [0.5, 0.6) is 0 Å². The molecule has 0 aliphatic carbocycles. The molecule has 6 heteroatoms. The lowest BCUT2D eigenvalue weighted by atomic mass is 9.91. The lowest BCUT2D eigenvalue weighted by Crippen LogP contribution is -2.29. The van der Waals surface area contributed by atoms with Crippen molar-refractivity contribution in [1.82, 2.24) is 0 Å². The van der Waals surface area contributed by atoms with Gasteiger partial charge in [-0.05, 0) is 20.3 Å². The van der Waals surface area contributed by atoms with Gasteiger partial charge in [-0.25, -0.2) is 0 Å². The van der Waals surface area contributed by atoms with Crippen LogP contribution in [-0.4, -0.2) is 30.4 Å². The molecule has 100 valence electrons. The number of esters is 1. The summed E-state index contributed by atoms with van der Waals surface area (Å²) in [5.74, 6) is -1.85. The van der Waals surface area contributed by atoms with Gasteiger partial charge in [-0.3, -0.25) is 4.79 Å². The van der Waals surface area contributed by atoms with Crippen molar-refractivity contribution in [1.29, 1.82) is 0 Å². The summed E-state index contributed by atoms with van der Waals surface area (Å²) in [6.07, 6.45) is -3.23. The van der Waals surface area contributed by atoms with E-state index in [9.17, 15) is 13.6 Å². The SMILES string of the molecule is C=C(O)C(F)(F)OCCOC(=O)C(C)(C)CC. The van der Waals surface area contributed by atoms with Gasteiger partial charge in [0, 0.05) is 0 Å². The van der Waals surface area contributed by atoms with Crippen LogP contribution in [-0.2, 0) is 14.3 Å². The Hall–Kier alpha value is -1.17. The molecule has 0 heterocycles. The van der Waals surface area contributed by atoms with E-state index in [0.29, 0.717) is 6.42 Å². The van der Waals surface area contributed by atoms with Gasteiger partial charge in [0.1, 0.15) is 6.61 Å². The van der Waals surface area contributed by atoms with Gasteiger partial charge < -0.3 is 14.6 Å². The van der Waals surface area contributed by atoms with Gasteiger partial charge in [-0.1, -0.05) is 13.5 Å². The van der Waals surface area contributed by atoms with E-state index < -0.39 is 29.9 Å². The molecule has 0 saturated carbocycles. The van der Waals surface area contributed by atoms with Gasteiger partial charge in [-0.2, -0.15) is 8.78 Å². The summed E-state index contributed by atoms with van der Waals surface area (Å²) >= 11 is 0. The first-order chi connectivity index (χ1) is 7.63. The zero-order valence-corrected chi connectivity index (χ0v) is 10.3. The minimum atomic E-state index is -3.81. The van der Waals surface area contributed by atoms with Crippen LogP contribution in [0, 0.1) is 5.41 Å². The Morgan fingerprint density at radius 2 is 1.88 bits per heavy atom. The number of alkyl halides is 2. The number of halogens is 2. The van der Waals surface area contributed by atoms with Crippen molar-refractivity contribution >= 4 is 5.97 Å². The first-order valence-corrected chi connectivity index (χ1v) is 5.21. The highest BCUT2D eigenvalue weighted by Crippen LogP contribution is 2.23. The van der Waals surface area contributed by atoms with Crippen molar-refractivity contribution in [3.63, 3.8) is 0 Å². The smallest absolute Gasteiger partial charge is 0.414 e. The second-order valence-electron chi connectivity index (χ2n) is 4.19. The monoisotopic (exact) mass is 252 g/mol. The Bertz CT molecular complexity index is 287. The molecule has 0 amide bonds. The molecule has 0 bridgehead atoms. The van der Waals surface area contributed by atoms with Crippen molar-refractivity contribution in [3.8, 4) is 0 Å². The van der Waals surface area contributed by atoms with Crippen LogP contribution >= 0.6 is 0 Å². The molecule has 0 spiro atoms. The van der Waals surface area contributed by atoms with Crippen LogP contribution in [0.1, 0.15) is 27.2 Å². The third kappa shape index (κ3) is 5.12. The van der Waals surface area contributed by atoms with Gasteiger partial charge in [0.05, 0.1) is 12.0 Å².